The topological polar surface area (TPSA) is 30.0 Å². The molecule has 1 aromatic heterocycles. The molecule has 0 spiro atoms. The fourth-order valence-corrected chi connectivity index (χ4v) is 2.33. The van der Waals surface area contributed by atoms with Gasteiger partial charge in [-0.1, -0.05) is 32.4 Å². The number of allylic oxidation sites excluding steroid dienone is 1. The summed E-state index contributed by atoms with van der Waals surface area (Å²) in [5, 5.41) is 0. The minimum absolute atomic E-state index is 0.201. The zero-order chi connectivity index (χ0) is 13.4. The van der Waals surface area contributed by atoms with Gasteiger partial charge in [-0.15, -0.1) is 11.8 Å². The standard InChI is InChI=1S/C15H21NOS/c1-4-6-7-15(18-11-12(3)17)14-9-8-13(5-2)10-16-14/h7-10H,4-6,11H2,1-3H3/b15-7-. The normalized spacial score (nSPS) is 11.6. The highest BCUT2D eigenvalue weighted by Crippen LogP contribution is 2.27. The molecule has 0 aliphatic rings. The lowest BCUT2D eigenvalue weighted by Crippen LogP contribution is -1.95. The quantitative estimate of drug-likeness (QED) is 0.741. The molecule has 0 saturated heterocycles. The molecule has 98 valence electrons. The van der Waals surface area contributed by atoms with Gasteiger partial charge in [-0.25, -0.2) is 0 Å². The maximum atomic E-state index is 11.1. The molecule has 3 heteroatoms. The Kier molecular flexibility index (Phi) is 6.73. The molecule has 0 bridgehead atoms. The summed E-state index contributed by atoms with van der Waals surface area (Å²) < 4.78 is 0. The van der Waals surface area contributed by atoms with Crippen LogP contribution in [0.15, 0.2) is 24.4 Å². The molecule has 0 saturated carbocycles. The molecule has 0 radical (unpaired) electrons. The summed E-state index contributed by atoms with van der Waals surface area (Å²) in [7, 11) is 0. The average molecular weight is 263 g/mol. The summed E-state index contributed by atoms with van der Waals surface area (Å²) in [6, 6.07) is 4.16. The van der Waals surface area contributed by atoms with Crippen LogP contribution in [0.1, 0.15) is 44.9 Å². The molecule has 1 heterocycles. The van der Waals surface area contributed by atoms with E-state index in [0.717, 1.165) is 29.9 Å². The highest BCUT2D eigenvalue weighted by Gasteiger charge is 2.05. The van der Waals surface area contributed by atoms with Crippen molar-refractivity contribution >= 4 is 22.5 Å². The van der Waals surface area contributed by atoms with E-state index < -0.39 is 0 Å². The second kappa shape index (κ2) is 8.09. The van der Waals surface area contributed by atoms with Crippen LogP contribution in [0.25, 0.3) is 4.91 Å². The fourth-order valence-electron chi connectivity index (χ4n) is 1.47. The van der Waals surface area contributed by atoms with Gasteiger partial charge in [0, 0.05) is 11.1 Å². The van der Waals surface area contributed by atoms with Gasteiger partial charge in [-0.05, 0) is 31.4 Å². The van der Waals surface area contributed by atoms with E-state index in [2.05, 4.69) is 31.0 Å². The van der Waals surface area contributed by atoms with E-state index in [1.54, 1.807) is 18.7 Å². The summed E-state index contributed by atoms with van der Waals surface area (Å²) in [5.74, 6) is 0.722. The Balaban J connectivity index is 2.83. The van der Waals surface area contributed by atoms with Gasteiger partial charge in [-0.3, -0.25) is 9.78 Å². The first-order valence-corrected chi connectivity index (χ1v) is 7.43. The number of aryl methyl sites for hydroxylation is 1. The number of Topliss-reactive ketones (excluding diaryl/α,β-unsaturated/α-hetero) is 1. The van der Waals surface area contributed by atoms with Gasteiger partial charge in [0.05, 0.1) is 11.4 Å². The van der Waals surface area contributed by atoms with Crippen molar-refractivity contribution in [1.82, 2.24) is 4.98 Å². The first-order valence-electron chi connectivity index (χ1n) is 6.45. The van der Waals surface area contributed by atoms with Crippen molar-refractivity contribution < 1.29 is 4.79 Å². The van der Waals surface area contributed by atoms with Crippen LogP contribution in [0.4, 0.5) is 0 Å². The van der Waals surface area contributed by atoms with E-state index in [0.29, 0.717) is 5.75 Å². The van der Waals surface area contributed by atoms with Crippen LogP contribution in [0.5, 0.6) is 0 Å². The van der Waals surface area contributed by atoms with Crippen molar-refractivity contribution in [2.75, 3.05) is 5.75 Å². The van der Waals surface area contributed by atoms with Crippen molar-refractivity contribution in [2.24, 2.45) is 0 Å². The third kappa shape index (κ3) is 5.05. The Labute approximate surface area is 114 Å². The lowest BCUT2D eigenvalue weighted by molar-refractivity contribution is -0.114. The molecular weight excluding hydrogens is 242 g/mol. The van der Waals surface area contributed by atoms with Crippen molar-refractivity contribution in [3.05, 3.63) is 35.7 Å². The second-order valence-corrected chi connectivity index (χ2v) is 5.27. The molecule has 2 nitrogen and oxygen atoms in total. The Hall–Kier alpha value is -1.09. The highest BCUT2D eigenvalue weighted by molar-refractivity contribution is 8.08. The molecule has 0 amide bonds. The summed E-state index contributed by atoms with van der Waals surface area (Å²) in [6.45, 7) is 5.89. The van der Waals surface area contributed by atoms with Crippen LogP contribution in [-0.4, -0.2) is 16.5 Å². The van der Waals surface area contributed by atoms with Gasteiger partial charge < -0.3 is 0 Å². The van der Waals surface area contributed by atoms with E-state index in [4.69, 9.17) is 0 Å². The first-order chi connectivity index (χ1) is 8.67. The lowest BCUT2D eigenvalue weighted by atomic mass is 10.2. The minimum Gasteiger partial charge on any atom is -0.299 e. The van der Waals surface area contributed by atoms with Crippen molar-refractivity contribution in [3.63, 3.8) is 0 Å². The lowest BCUT2D eigenvalue weighted by Gasteiger charge is -2.06. The predicted octanol–water partition coefficient (Wildman–Crippen LogP) is 4.11. The number of ketones is 1. The van der Waals surface area contributed by atoms with E-state index in [1.807, 2.05) is 12.3 Å². The number of carbonyl (C=O) groups excluding carboxylic acids is 1. The number of carbonyl (C=O) groups is 1. The summed E-state index contributed by atoms with van der Waals surface area (Å²) in [4.78, 5) is 16.7. The Bertz CT molecular complexity index is 409. The van der Waals surface area contributed by atoms with Crippen LogP contribution in [-0.2, 0) is 11.2 Å². The number of unbranched alkanes of at least 4 members (excludes halogenated alkanes) is 1. The molecule has 1 rings (SSSR count). The SMILES string of the molecule is CCC/C=C(\SCC(C)=O)c1ccc(CC)cn1. The van der Waals surface area contributed by atoms with Gasteiger partial charge >= 0.3 is 0 Å². The molecule has 1 aromatic rings. The van der Waals surface area contributed by atoms with E-state index in [9.17, 15) is 4.79 Å². The summed E-state index contributed by atoms with van der Waals surface area (Å²) >= 11 is 1.59. The molecule has 0 unspecified atom stereocenters. The predicted molar refractivity (Wildman–Crippen MR) is 79.6 cm³/mol. The average Bonchev–Trinajstić information content (AvgIpc) is 2.39. The van der Waals surface area contributed by atoms with E-state index >= 15 is 0 Å². The molecule has 0 aliphatic carbocycles. The number of hydrogen-bond donors (Lipinski definition) is 0. The smallest absolute Gasteiger partial charge is 0.140 e. The Morgan fingerprint density at radius 3 is 2.67 bits per heavy atom. The Morgan fingerprint density at radius 2 is 2.17 bits per heavy atom. The number of rotatable bonds is 7. The van der Waals surface area contributed by atoms with Gasteiger partial charge in [0.25, 0.3) is 0 Å². The number of aromatic nitrogens is 1. The third-order valence-corrected chi connectivity index (χ3v) is 3.77. The molecule has 18 heavy (non-hydrogen) atoms. The fraction of sp³-hybridized carbons (Fsp3) is 0.467. The molecule has 0 atom stereocenters. The highest BCUT2D eigenvalue weighted by atomic mass is 32.2. The van der Waals surface area contributed by atoms with Crippen molar-refractivity contribution in [2.45, 2.75) is 40.0 Å². The van der Waals surface area contributed by atoms with Crippen molar-refractivity contribution in [3.8, 4) is 0 Å². The molecule has 0 aromatic carbocycles. The summed E-state index contributed by atoms with van der Waals surface area (Å²) in [5.41, 5.74) is 2.22. The molecular formula is C15H21NOS. The number of pyridine rings is 1. The largest absolute Gasteiger partial charge is 0.299 e. The zero-order valence-electron chi connectivity index (χ0n) is 11.4. The van der Waals surface area contributed by atoms with E-state index in [-0.39, 0.29) is 5.78 Å². The van der Waals surface area contributed by atoms with Crippen LogP contribution in [0, 0.1) is 0 Å². The van der Waals surface area contributed by atoms with Gasteiger partial charge in [0.1, 0.15) is 5.78 Å². The van der Waals surface area contributed by atoms with Crippen molar-refractivity contribution in [1.29, 1.82) is 0 Å². The van der Waals surface area contributed by atoms with Gasteiger partial charge in [0.15, 0.2) is 0 Å². The van der Waals surface area contributed by atoms with E-state index in [1.165, 1.54) is 5.56 Å². The molecule has 0 N–H and O–H groups in total. The number of thioether (sulfide) groups is 1. The zero-order valence-corrected chi connectivity index (χ0v) is 12.2. The van der Waals surface area contributed by atoms with Gasteiger partial charge in [0.2, 0.25) is 0 Å². The van der Waals surface area contributed by atoms with Crippen LogP contribution < -0.4 is 0 Å². The second-order valence-electron chi connectivity index (χ2n) is 4.25. The molecule has 0 fully saturated rings. The minimum atomic E-state index is 0.201. The first kappa shape index (κ1) is 15.0. The third-order valence-electron chi connectivity index (χ3n) is 2.53. The van der Waals surface area contributed by atoms with Crippen LogP contribution >= 0.6 is 11.8 Å². The van der Waals surface area contributed by atoms with Crippen LogP contribution in [0.3, 0.4) is 0 Å². The summed E-state index contributed by atoms with van der Waals surface area (Å²) in [6.07, 6.45) is 7.24. The maximum Gasteiger partial charge on any atom is 0.140 e. The Morgan fingerprint density at radius 1 is 1.39 bits per heavy atom. The maximum absolute atomic E-state index is 11.1. The van der Waals surface area contributed by atoms with Gasteiger partial charge in [-0.2, -0.15) is 0 Å². The monoisotopic (exact) mass is 263 g/mol. The number of hydrogen-bond acceptors (Lipinski definition) is 3. The number of nitrogens with zero attached hydrogens (tertiary/aromatic N) is 1. The molecule has 0 aliphatic heterocycles. The van der Waals surface area contributed by atoms with Crippen LogP contribution in [0.2, 0.25) is 0 Å².